The summed E-state index contributed by atoms with van der Waals surface area (Å²) in [6.07, 6.45) is 4.13. The fourth-order valence-electron chi connectivity index (χ4n) is 3.86. The number of aromatic nitrogens is 2. The van der Waals surface area contributed by atoms with Crippen LogP contribution in [0.2, 0.25) is 0 Å². The molecule has 5 heteroatoms. The highest BCUT2D eigenvalue weighted by Crippen LogP contribution is 2.41. The van der Waals surface area contributed by atoms with Crippen molar-refractivity contribution in [3.05, 3.63) is 59.1 Å². The highest BCUT2D eigenvalue weighted by atomic mass is 32.1. The zero-order valence-electron chi connectivity index (χ0n) is 16.7. The van der Waals surface area contributed by atoms with Crippen molar-refractivity contribution >= 4 is 11.3 Å². The SMILES string of the molecule is Cc1cc(-c2sc(C3CCN(C(C)C)CC3)nc2-c2ccc(F)cc2)ccn1.[HH]. The summed E-state index contributed by atoms with van der Waals surface area (Å²) in [7, 11) is 0. The fraction of sp³-hybridized carbons (Fsp3) is 0.391. The first-order chi connectivity index (χ1) is 13.5. The minimum absolute atomic E-state index is 0. The molecule has 0 bridgehead atoms. The third-order valence-corrected chi connectivity index (χ3v) is 6.80. The molecule has 4 rings (SSSR count). The van der Waals surface area contributed by atoms with Crippen molar-refractivity contribution in [1.82, 2.24) is 14.9 Å². The number of likely N-dealkylation sites (tertiary alicyclic amines) is 1. The first-order valence-corrected chi connectivity index (χ1v) is 10.8. The third kappa shape index (κ3) is 4.01. The lowest BCUT2D eigenvalue weighted by atomic mass is 9.96. The van der Waals surface area contributed by atoms with Crippen molar-refractivity contribution in [2.75, 3.05) is 13.1 Å². The van der Waals surface area contributed by atoms with Crippen LogP contribution in [0.3, 0.4) is 0 Å². The van der Waals surface area contributed by atoms with E-state index < -0.39 is 0 Å². The van der Waals surface area contributed by atoms with E-state index in [4.69, 9.17) is 4.98 Å². The van der Waals surface area contributed by atoms with Crippen LogP contribution in [0.1, 0.15) is 44.7 Å². The minimum atomic E-state index is -0.221. The standard InChI is InChI=1S/C23H26FN3S.H2/c1-15(2)27-12-9-18(10-13-27)23-26-21(17-4-6-20(24)7-5-17)22(28-23)19-8-11-25-16(3)14-19;/h4-8,11,14-15,18H,9-10,12-13H2,1-3H3;1H. The van der Waals surface area contributed by atoms with Crippen molar-refractivity contribution in [3.63, 3.8) is 0 Å². The first-order valence-electron chi connectivity index (χ1n) is 9.95. The minimum Gasteiger partial charge on any atom is -0.301 e. The van der Waals surface area contributed by atoms with Crippen LogP contribution in [0.25, 0.3) is 21.7 Å². The van der Waals surface area contributed by atoms with E-state index in [0.717, 1.165) is 53.3 Å². The molecule has 3 aromatic rings. The van der Waals surface area contributed by atoms with Gasteiger partial charge in [-0.1, -0.05) is 0 Å². The normalized spacial score (nSPS) is 16.0. The van der Waals surface area contributed by atoms with Gasteiger partial charge in [-0.3, -0.25) is 4.98 Å². The predicted molar refractivity (Wildman–Crippen MR) is 116 cm³/mol. The molecular formula is C23H28FN3S. The second-order valence-corrected chi connectivity index (χ2v) is 8.86. The molecule has 28 heavy (non-hydrogen) atoms. The molecule has 3 nitrogen and oxygen atoms in total. The Morgan fingerprint density at radius 3 is 2.46 bits per heavy atom. The van der Waals surface area contributed by atoms with E-state index in [0.29, 0.717) is 12.0 Å². The first kappa shape index (κ1) is 19.2. The molecule has 0 unspecified atom stereocenters. The van der Waals surface area contributed by atoms with Gasteiger partial charge in [0.15, 0.2) is 0 Å². The summed E-state index contributed by atoms with van der Waals surface area (Å²) in [5, 5.41) is 1.20. The zero-order chi connectivity index (χ0) is 19.7. The number of rotatable bonds is 4. The maximum atomic E-state index is 13.4. The van der Waals surface area contributed by atoms with Gasteiger partial charge in [-0.2, -0.15) is 0 Å². The van der Waals surface area contributed by atoms with E-state index in [2.05, 4.69) is 29.8 Å². The number of benzene rings is 1. The van der Waals surface area contributed by atoms with E-state index in [9.17, 15) is 4.39 Å². The molecule has 0 saturated carbocycles. The Morgan fingerprint density at radius 2 is 1.82 bits per heavy atom. The molecule has 1 saturated heterocycles. The topological polar surface area (TPSA) is 29.0 Å². The fourth-order valence-corrected chi connectivity index (χ4v) is 5.11. The van der Waals surface area contributed by atoms with Gasteiger partial charge in [0.2, 0.25) is 0 Å². The van der Waals surface area contributed by atoms with E-state index in [1.165, 1.54) is 17.1 Å². The molecule has 1 aromatic carbocycles. The molecule has 3 heterocycles. The molecule has 0 aliphatic carbocycles. The van der Waals surface area contributed by atoms with Crippen LogP contribution < -0.4 is 0 Å². The summed E-state index contributed by atoms with van der Waals surface area (Å²) < 4.78 is 13.4. The Labute approximate surface area is 171 Å². The highest BCUT2D eigenvalue weighted by Gasteiger charge is 2.26. The number of hydrogen-bond acceptors (Lipinski definition) is 4. The predicted octanol–water partition coefficient (Wildman–Crippen LogP) is 6.15. The van der Waals surface area contributed by atoms with Crippen molar-refractivity contribution in [3.8, 4) is 21.7 Å². The molecule has 0 atom stereocenters. The van der Waals surface area contributed by atoms with Crippen LogP contribution in [0.4, 0.5) is 4.39 Å². The molecular weight excluding hydrogens is 369 g/mol. The van der Waals surface area contributed by atoms with E-state index in [-0.39, 0.29) is 7.24 Å². The zero-order valence-corrected chi connectivity index (χ0v) is 17.5. The van der Waals surface area contributed by atoms with Gasteiger partial charge < -0.3 is 4.90 Å². The average molecular weight is 398 g/mol. The molecule has 1 fully saturated rings. The Morgan fingerprint density at radius 1 is 1.11 bits per heavy atom. The molecule has 1 aliphatic rings. The summed E-state index contributed by atoms with van der Waals surface area (Å²) in [6, 6.07) is 11.4. The number of pyridine rings is 1. The Bertz CT molecular complexity index is 947. The van der Waals surface area contributed by atoms with Crippen LogP contribution >= 0.6 is 11.3 Å². The third-order valence-electron chi connectivity index (χ3n) is 5.53. The average Bonchev–Trinajstić information content (AvgIpc) is 3.14. The number of halogens is 1. The van der Waals surface area contributed by atoms with Gasteiger partial charge in [0.25, 0.3) is 0 Å². The summed E-state index contributed by atoms with van der Waals surface area (Å²) >= 11 is 1.79. The number of hydrogen-bond donors (Lipinski definition) is 0. The number of piperidine rings is 1. The quantitative estimate of drug-likeness (QED) is 0.528. The number of nitrogens with zero attached hydrogens (tertiary/aromatic N) is 3. The van der Waals surface area contributed by atoms with Crippen molar-refractivity contribution in [2.45, 2.75) is 45.6 Å². The largest absolute Gasteiger partial charge is 0.301 e. The summed E-state index contributed by atoms with van der Waals surface area (Å²) in [4.78, 5) is 13.1. The molecule has 1 aliphatic heterocycles. The summed E-state index contributed by atoms with van der Waals surface area (Å²) in [5.74, 6) is 0.275. The van der Waals surface area contributed by atoms with Crippen molar-refractivity contribution < 1.29 is 5.82 Å². The maximum absolute atomic E-state index is 13.4. The summed E-state index contributed by atoms with van der Waals surface area (Å²) in [5.41, 5.74) is 4.04. The molecule has 0 N–H and O–H groups in total. The highest BCUT2D eigenvalue weighted by molar-refractivity contribution is 7.15. The van der Waals surface area contributed by atoms with Crippen LogP contribution in [-0.2, 0) is 0 Å². The van der Waals surface area contributed by atoms with Crippen LogP contribution in [0.15, 0.2) is 42.6 Å². The van der Waals surface area contributed by atoms with Gasteiger partial charge in [-0.15, -0.1) is 11.3 Å². The molecule has 148 valence electrons. The van der Waals surface area contributed by atoms with Crippen LogP contribution in [0.5, 0.6) is 0 Å². The lowest BCUT2D eigenvalue weighted by molar-refractivity contribution is 0.172. The molecule has 2 aromatic heterocycles. The Kier molecular flexibility index (Phi) is 5.56. The second kappa shape index (κ2) is 8.10. The van der Waals surface area contributed by atoms with Gasteiger partial charge in [-0.05, 0) is 88.7 Å². The Hall–Kier alpha value is -2.11. The van der Waals surface area contributed by atoms with E-state index >= 15 is 0 Å². The molecule has 0 radical (unpaired) electrons. The monoisotopic (exact) mass is 397 g/mol. The molecule has 0 amide bonds. The lowest BCUT2D eigenvalue weighted by Crippen LogP contribution is -2.37. The molecule has 0 spiro atoms. The van der Waals surface area contributed by atoms with Gasteiger partial charge in [0.05, 0.1) is 15.6 Å². The summed E-state index contributed by atoms with van der Waals surface area (Å²) in [6.45, 7) is 8.78. The second-order valence-electron chi connectivity index (χ2n) is 7.83. The van der Waals surface area contributed by atoms with Gasteiger partial charge in [0.1, 0.15) is 5.82 Å². The van der Waals surface area contributed by atoms with Crippen molar-refractivity contribution in [1.29, 1.82) is 0 Å². The number of aryl methyl sites for hydroxylation is 1. The van der Waals surface area contributed by atoms with Gasteiger partial charge in [0, 0.05) is 30.8 Å². The van der Waals surface area contributed by atoms with Gasteiger partial charge >= 0.3 is 0 Å². The smallest absolute Gasteiger partial charge is 0.123 e. The Balaban J connectivity index is 0.00000240. The van der Waals surface area contributed by atoms with E-state index in [1.807, 2.05) is 31.3 Å². The van der Waals surface area contributed by atoms with E-state index in [1.54, 1.807) is 11.3 Å². The van der Waals surface area contributed by atoms with Crippen LogP contribution in [0, 0.1) is 12.7 Å². The maximum Gasteiger partial charge on any atom is 0.123 e. The van der Waals surface area contributed by atoms with Crippen LogP contribution in [-0.4, -0.2) is 34.0 Å². The van der Waals surface area contributed by atoms with Crippen molar-refractivity contribution in [2.24, 2.45) is 0 Å². The lowest BCUT2D eigenvalue weighted by Gasteiger charge is -2.33. The number of thiazole rings is 1. The van der Waals surface area contributed by atoms with Gasteiger partial charge in [-0.25, -0.2) is 9.37 Å².